The van der Waals surface area contributed by atoms with Gasteiger partial charge in [-0.05, 0) is 48.2 Å². The van der Waals surface area contributed by atoms with Gasteiger partial charge in [0, 0.05) is 22.8 Å². The Bertz CT molecular complexity index is 1380. The van der Waals surface area contributed by atoms with E-state index in [0.29, 0.717) is 16.2 Å². The molecule has 2 N–H and O–H groups in total. The summed E-state index contributed by atoms with van der Waals surface area (Å²) in [5.41, 5.74) is 4.09. The maximum absolute atomic E-state index is 13.8. The Morgan fingerprint density at radius 2 is 1.81 bits per heavy atom. The van der Waals surface area contributed by atoms with Gasteiger partial charge in [0.2, 0.25) is 5.91 Å². The van der Waals surface area contributed by atoms with Gasteiger partial charge in [-0.2, -0.15) is 0 Å². The Kier molecular flexibility index (Phi) is 8.01. The molecule has 1 aliphatic heterocycles. The molecule has 1 atom stereocenters. The number of carbonyl (C=O) groups is 2. The summed E-state index contributed by atoms with van der Waals surface area (Å²) in [6.45, 7) is 2.18. The first kappa shape index (κ1) is 26.8. The standard InChI is InChI=1S/C27H30N2O6S2/c1-3-19-8-10-20(11-9-19)23-12-13-24(36-23)27(18-25(30)28-32)14-15-29(16-17-37(27,33)34)26(31)21-6-4-5-7-22(21)35-2/h4-13,32H,3,14-18H2,1-2H3,(H,28,30). The third kappa shape index (κ3) is 5.27. The van der Waals surface area contributed by atoms with Crippen molar-refractivity contribution in [2.75, 3.05) is 26.0 Å². The number of ether oxygens (including phenoxy) is 1. The summed E-state index contributed by atoms with van der Waals surface area (Å²) in [5.74, 6) is -1.04. The molecule has 0 saturated carbocycles. The first-order chi connectivity index (χ1) is 17.7. The molecule has 1 fully saturated rings. The lowest BCUT2D eigenvalue weighted by Crippen LogP contribution is -2.41. The number of nitrogens with zero attached hydrogens (tertiary/aromatic N) is 1. The fourth-order valence-corrected chi connectivity index (χ4v) is 8.32. The minimum absolute atomic E-state index is 0.0123. The normalized spacial score (nSPS) is 19.2. The predicted molar refractivity (Wildman–Crippen MR) is 143 cm³/mol. The maximum Gasteiger partial charge on any atom is 0.257 e. The summed E-state index contributed by atoms with van der Waals surface area (Å²) in [5, 5.41) is 9.28. The Morgan fingerprint density at radius 3 is 2.49 bits per heavy atom. The lowest BCUT2D eigenvalue weighted by Gasteiger charge is -2.30. The van der Waals surface area contributed by atoms with E-state index in [-0.39, 0.29) is 31.2 Å². The van der Waals surface area contributed by atoms with Crippen LogP contribution in [0.2, 0.25) is 0 Å². The smallest absolute Gasteiger partial charge is 0.257 e. The number of methoxy groups -OCH3 is 1. The van der Waals surface area contributed by atoms with Gasteiger partial charge in [0.15, 0.2) is 9.84 Å². The summed E-state index contributed by atoms with van der Waals surface area (Å²) < 4.78 is 31.4. The van der Waals surface area contributed by atoms with Crippen molar-refractivity contribution in [3.05, 3.63) is 76.7 Å². The monoisotopic (exact) mass is 542 g/mol. The highest BCUT2D eigenvalue weighted by molar-refractivity contribution is 7.92. The minimum atomic E-state index is -3.91. The molecule has 1 aliphatic rings. The molecule has 0 radical (unpaired) electrons. The van der Waals surface area contributed by atoms with Crippen LogP contribution in [0.15, 0.2) is 60.7 Å². The number of benzene rings is 2. The van der Waals surface area contributed by atoms with Crippen LogP contribution < -0.4 is 10.2 Å². The van der Waals surface area contributed by atoms with E-state index in [1.807, 2.05) is 30.3 Å². The highest BCUT2D eigenvalue weighted by atomic mass is 32.2. The van der Waals surface area contributed by atoms with Crippen molar-refractivity contribution in [2.45, 2.75) is 30.9 Å². The number of amides is 2. The van der Waals surface area contributed by atoms with Crippen LogP contribution in [0.4, 0.5) is 0 Å². The number of rotatable bonds is 7. The lowest BCUT2D eigenvalue weighted by molar-refractivity contribution is -0.129. The number of carbonyl (C=O) groups excluding carboxylic acids is 2. The summed E-state index contributed by atoms with van der Waals surface area (Å²) in [6.07, 6.45) is 0.479. The minimum Gasteiger partial charge on any atom is -0.496 e. The topological polar surface area (TPSA) is 113 Å². The van der Waals surface area contributed by atoms with E-state index < -0.39 is 26.9 Å². The number of para-hydroxylation sites is 1. The summed E-state index contributed by atoms with van der Waals surface area (Å²) in [6, 6.07) is 18.5. The zero-order valence-corrected chi connectivity index (χ0v) is 22.4. The first-order valence-corrected chi connectivity index (χ1v) is 14.5. The summed E-state index contributed by atoms with van der Waals surface area (Å²) in [7, 11) is -2.44. The molecule has 8 nitrogen and oxygen atoms in total. The first-order valence-electron chi connectivity index (χ1n) is 12.0. The molecular weight excluding hydrogens is 512 g/mol. The number of hydrogen-bond donors (Lipinski definition) is 2. The Morgan fingerprint density at radius 1 is 1.08 bits per heavy atom. The van der Waals surface area contributed by atoms with Gasteiger partial charge in [-0.1, -0.05) is 43.3 Å². The zero-order chi connectivity index (χ0) is 26.6. The van der Waals surface area contributed by atoms with Crippen LogP contribution in [0.5, 0.6) is 5.75 Å². The predicted octanol–water partition coefficient (Wildman–Crippen LogP) is 4.04. The number of thiophene rings is 1. The van der Waals surface area contributed by atoms with Crippen molar-refractivity contribution in [2.24, 2.45) is 0 Å². The van der Waals surface area contributed by atoms with E-state index in [0.717, 1.165) is 16.9 Å². The molecule has 4 rings (SSSR count). The van der Waals surface area contributed by atoms with E-state index >= 15 is 0 Å². The van der Waals surface area contributed by atoms with Gasteiger partial charge in [-0.15, -0.1) is 11.3 Å². The second kappa shape index (κ2) is 11.0. The Balaban J connectivity index is 1.71. The molecule has 0 aliphatic carbocycles. The fraction of sp³-hybridized carbons (Fsp3) is 0.333. The number of hydrogen-bond acceptors (Lipinski definition) is 7. The molecule has 2 amide bonds. The van der Waals surface area contributed by atoms with Crippen molar-refractivity contribution < 1.29 is 28.0 Å². The fourth-order valence-electron chi connectivity index (χ4n) is 4.71. The van der Waals surface area contributed by atoms with E-state index in [1.54, 1.807) is 35.8 Å². The van der Waals surface area contributed by atoms with Crippen LogP contribution in [0.25, 0.3) is 10.4 Å². The Labute approximate surface area is 220 Å². The van der Waals surface area contributed by atoms with Crippen LogP contribution in [0.3, 0.4) is 0 Å². The second-order valence-electron chi connectivity index (χ2n) is 8.98. The van der Waals surface area contributed by atoms with Gasteiger partial charge < -0.3 is 9.64 Å². The van der Waals surface area contributed by atoms with Crippen molar-refractivity contribution >= 4 is 33.0 Å². The summed E-state index contributed by atoms with van der Waals surface area (Å²) in [4.78, 5) is 28.6. The molecule has 1 unspecified atom stereocenters. The number of nitrogens with one attached hydrogen (secondary N) is 1. The van der Waals surface area contributed by atoms with Gasteiger partial charge in [0.1, 0.15) is 10.5 Å². The summed E-state index contributed by atoms with van der Waals surface area (Å²) >= 11 is 1.32. The van der Waals surface area contributed by atoms with Crippen LogP contribution in [-0.2, 0) is 25.8 Å². The quantitative estimate of drug-likeness (QED) is 0.344. The van der Waals surface area contributed by atoms with Crippen LogP contribution in [0.1, 0.15) is 40.6 Å². The number of aryl methyl sites for hydroxylation is 1. The molecule has 3 aromatic rings. The largest absolute Gasteiger partial charge is 0.496 e. The van der Waals surface area contributed by atoms with Gasteiger partial charge in [-0.25, -0.2) is 13.9 Å². The van der Waals surface area contributed by atoms with Crippen molar-refractivity contribution in [3.8, 4) is 16.2 Å². The average Bonchev–Trinajstić information content (AvgIpc) is 3.37. The van der Waals surface area contributed by atoms with Crippen LogP contribution in [0, 0.1) is 0 Å². The van der Waals surface area contributed by atoms with Crippen LogP contribution >= 0.6 is 11.3 Å². The molecule has 0 spiro atoms. The van der Waals surface area contributed by atoms with E-state index in [4.69, 9.17) is 4.74 Å². The van der Waals surface area contributed by atoms with Crippen molar-refractivity contribution in [3.63, 3.8) is 0 Å². The van der Waals surface area contributed by atoms with Crippen molar-refractivity contribution in [1.82, 2.24) is 10.4 Å². The third-order valence-corrected chi connectivity index (χ3v) is 10.9. The SMILES string of the molecule is CCc1ccc(-c2ccc(C3(CC(=O)NO)CCN(C(=O)c4ccccc4OC)CCS3(=O)=O)s2)cc1. The highest BCUT2D eigenvalue weighted by Gasteiger charge is 2.50. The molecule has 37 heavy (non-hydrogen) atoms. The number of sulfone groups is 1. The van der Waals surface area contributed by atoms with Crippen LogP contribution in [-0.4, -0.2) is 56.3 Å². The molecule has 1 aromatic heterocycles. The molecule has 10 heteroatoms. The van der Waals surface area contributed by atoms with Crippen molar-refractivity contribution in [1.29, 1.82) is 0 Å². The lowest BCUT2D eigenvalue weighted by atomic mass is 9.97. The molecule has 1 saturated heterocycles. The van der Waals surface area contributed by atoms with Gasteiger partial charge in [0.05, 0.1) is 24.8 Å². The molecular formula is C27H30N2O6S2. The molecule has 2 aromatic carbocycles. The molecule has 0 bridgehead atoms. The number of hydroxylamine groups is 1. The zero-order valence-electron chi connectivity index (χ0n) is 20.8. The second-order valence-corrected chi connectivity index (χ2v) is 12.5. The van der Waals surface area contributed by atoms with E-state index in [9.17, 15) is 23.2 Å². The van der Waals surface area contributed by atoms with Gasteiger partial charge in [0.25, 0.3) is 5.91 Å². The highest BCUT2D eigenvalue weighted by Crippen LogP contribution is 2.45. The molecule has 2 heterocycles. The van der Waals surface area contributed by atoms with E-state index in [2.05, 4.69) is 6.92 Å². The maximum atomic E-state index is 13.8. The van der Waals surface area contributed by atoms with E-state index in [1.165, 1.54) is 28.9 Å². The van der Waals surface area contributed by atoms with Gasteiger partial charge in [-0.3, -0.25) is 14.8 Å². The average molecular weight is 543 g/mol. The van der Waals surface area contributed by atoms with Gasteiger partial charge >= 0.3 is 0 Å². The Hall–Kier alpha value is -3.21. The molecule has 196 valence electrons. The third-order valence-electron chi connectivity index (χ3n) is 6.91.